The summed E-state index contributed by atoms with van der Waals surface area (Å²) in [6, 6.07) is 0. The average Bonchev–Trinajstić information content (AvgIpc) is 3.03. The number of fused-ring (bicyclic) bond motifs is 1. The molecule has 1 aliphatic rings. The van der Waals surface area contributed by atoms with Crippen molar-refractivity contribution in [3.05, 3.63) is 16.7 Å². The zero-order valence-corrected chi connectivity index (χ0v) is 13.2. The van der Waals surface area contributed by atoms with E-state index in [1.54, 1.807) is 0 Å². The van der Waals surface area contributed by atoms with Crippen molar-refractivity contribution >= 4 is 24.7 Å². The summed E-state index contributed by atoms with van der Waals surface area (Å²) in [4.78, 5) is 39.7. The number of rotatable bonds is 5. The average molecular weight is 361 g/mol. The standard InChI is InChI=1S/C11H16N5O7P/c12-10-14-8-7(9(17)15-10)13-5-16(8)11(18)4-22-3-6(11)23-1-2-24(19,20)21/h5-6,18H,1-4H2,(H2,19,20,21)(H3,12,14,15,17)/t6-,11?/m0/s1. The van der Waals surface area contributed by atoms with Crippen LogP contribution in [0.4, 0.5) is 5.95 Å². The number of H-pyrrole nitrogens is 1. The smallest absolute Gasteiger partial charge is 0.327 e. The van der Waals surface area contributed by atoms with E-state index in [9.17, 15) is 14.5 Å². The molecule has 3 heterocycles. The highest BCUT2D eigenvalue weighted by molar-refractivity contribution is 7.51. The molecule has 1 unspecified atom stereocenters. The number of aromatic nitrogens is 4. The molecule has 24 heavy (non-hydrogen) atoms. The van der Waals surface area contributed by atoms with Crippen molar-refractivity contribution < 1.29 is 28.9 Å². The molecular weight excluding hydrogens is 345 g/mol. The SMILES string of the molecule is Nc1nc2c(ncn2C2(O)COC[C@@H]2OCCP(=O)(O)O)c(=O)[nH]1. The maximum Gasteiger partial charge on any atom is 0.327 e. The lowest BCUT2D eigenvalue weighted by molar-refractivity contribution is -0.126. The second-order valence-electron chi connectivity index (χ2n) is 5.38. The molecule has 0 spiro atoms. The highest BCUT2D eigenvalue weighted by Gasteiger charge is 2.46. The number of aromatic amines is 1. The van der Waals surface area contributed by atoms with E-state index in [4.69, 9.17) is 25.0 Å². The maximum atomic E-state index is 11.8. The molecule has 0 radical (unpaired) electrons. The van der Waals surface area contributed by atoms with Gasteiger partial charge in [-0.3, -0.25) is 18.9 Å². The molecular formula is C11H16N5O7P. The minimum Gasteiger partial charge on any atom is -0.373 e. The molecule has 1 aliphatic heterocycles. The van der Waals surface area contributed by atoms with Crippen LogP contribution in [0, 0.1) is 0 Å². The second kappa shape index (κ2) is 5.92. The van der Waals surface area contributed by atoms with Gasteiger partial charge in [0.25, 0.3) is 5.56 Å². The van der Waals surface area contributed by atoms with E-state index in [-0.39, 0.29) is 36.9 Å². The van der Waals surface area contributed by atoms with Crippen LogP contribution >= 0.6 is 7.60 Å². The van der Waals surface area contributed by atoms with E-state index in [2.05, 4.69) is 15.0 Å². The molecule has 6 N–H and O–H groups in total. The van der Waals surface area contributed by atoms with Crippen molar-refractivity contribution in [3.8, 4) is 0 Å². The molecule has 13 heteroatoms. The van der Waals surface area contributed by atoms with E-state index in [0.717, 1.165) is 0 Å². The largest absolute Gasteiger partial charge is 0.373 e. The lowest BCUT2D eigenvalue weighted by Crippen LogP contribution is -2.46. The van der Waals surface area contributed by atoms with Crippen LogP contribution in [-0.4, -0.2) is 66.5 Å². The molecule has 1 saturated heterocycles. The monoisotopic (exact) mass is 361 g/mol. The fraction of sp³-hybridized carbons (Fsp3) is 0.545. The van der Waals surface area contributed by atoms with Crippen molar-refractivity contribution in [1.29, 1.82) is 0 Å². The first-order valence-electron chi connectivity index (χ1n) is 6.90. The summed E-state index contributed by atoms with van der Waals surface area (Å²) >= 11 is 0. The number of nitrogen functional groups attached to an aromatic ring is 1. The lowest BCUT2D eigenvalue weighted by atomic mass is 10.1. The Morgan fingerprint density at radius 3 is 3.04 bits per heavy atom. The van der Waals surface area contributed by atoms with E-state index in [1.165, 1.54) is 10.9 Å². The van der Waals surface area contributed by atoms with Gasteiger partial charge in [-0.05, 0) is 0 Å². The number of nitrogens with zero attached hydrogens (tertiary/aromatic N) is 3. The Morgan fingerprint density at radius 1 is 1.58 bits per heavy atom. The van der Waals surface area contributed by atoms with Crippen LogP contribution in [0.25, 0.3) is 11.2 Å². The maximum absolute atomic E-state index is 11.8. The van der Waals surface area contributed by atoms with Gasteiger partial charge in [-0.1, -0.05) is 0 Å². The molecule has 0 amide bonds. The zero-order chi connectivity index (χ0) is 17.5. The van der Waals surface area contributed by atoms with E-state index < -0.39 is 31.1 Å². The van der Waals surface area contributed by atoms with E-state index in [1.807, 2.05) is 0 Å². The quantitative estimate of drug-likeness (QED) is 0.371. The van der Waals surface area contributed by atoms with Crippen molar-refractivity contribution in [1.82, 2.24) is 19.5 Å². The first kappa shape index (κ1) is 17.0. The number of aliphatic hydroxyl groups is 1. The number of hydrogen-bond donors (Lipinski definition) is 5. The van der Waals surface area contributed by atoms with Crippen LogP contribution in [0.15, 0.2) is 11.1 Å². The number of hydrogen-bond acceptors (Lipinski definition) is 8. The Labute approximate surface area is 134 Å². The summed E-state index contributed by atoms with van der Waals surface area (Å²) in [5.74, 6) is -0.143. The molecule has 0 bridgehead atoms. The van der Waals surface area contributed by atoms with Gasteiger partial charge < -0.3 is 30.1 Å². The summed E-state index contributed by atoms with van der Waals surface area (Å²) in [6.45, 7) is -0.452. The van der Waals surface area contributed by atoms with Crippen molar-refractivity contribution in [3.63, 3.8) is 0 Å². The molecule has 3 rings (SSSR count). The van der Waals surface area contributed by atoms with Crippen LogP contribution in [0.3, 0.4) is 0 Å². The summed E-state index contributed by atoms with van der Waals surface area (Å²) in [6.07, 6.45) is -0.209. The first-order chi connectivity index (χ1) is 11.2. The minimum atomic E-state index is -4.22. The van der Waals surface area contributed by atoms with E-state index >= 15 is 0 Å². The second-order valence-corrected chi connectivity index (χ2v) is 7.16. The Hall–Kier alpha value is -1.82. The van der Waals surface area contributed by atoms with Crippen molar-refractivity contribution in [2.24, 2.45) is 0 Å². The van der Waals surface area contributed by atoms with Crippen LogP contribution < -0.4 is 11.3 Å². The van der Waals surface area contributed by atoms with Gasteiger partial charge in [0.2, 0.25) is 5.95 Å². The van der Waals surface area contributed by atoms with E-state index in [0.29, 0.717) is 0 Å². The molecule has 0 saturated carbocycles. The fourth-order valence-corrected chi connectivity index (χ4v) is 2.82. The zero-order valence-electron chi connectivity index (χ0n) is 12.3. The summed E-state index contributed by atoms with van der Waals surface area (Å²) in [7, 11) is -4.22. The highest BCUT2D eigenvalue weighted by Crippen LogP contribution is 2.35. The number of imidazole rings is 1. The van der Waals surface area contributed by atoms with Gasteiger partial charge in [-0.2, -0.15) is 4.98 Å². The molecule has 2 aromatic rings. The third kappa shape index (κ3) is 3.07. The Bertz CT molecular complexity index is 860. The predicted molar refractivity (Wildman–Crippen MR) is 80.2 cm³/mol. The molecule has 132 valence electrons. The molecule has 1 fully saturated rings. The topological polar surface area (TPSA) is 186 Å². The Kier molecular flexibility index (Phi) is 4.20. The molecule has 2 atom stereocenters. The third-order valence-electron chi connectivity index (χ3n) is 3.64. The summed E-state index contributed by atoms with van der Waals surface area (Å²) in [5.41, 5.74) is 3.26. The van der Waals surface area contributed by atoms with Crippen LogP contribution in [0.1, 0.15) is 0 Å². The van der Waals surface area contributed by atoms with Gasteiger partial charge in [0, 0.05) is 0 Å². The highest BCUT2D eigenvalue weighted by atomic mass is 31.2. The molecule has 0 aromatic carbocycles. The predicted octanol–water partition coefficient (Wildman–Crippen LogP) is -2.06. The number of nitrogens with one attached hydrogen (secondary N) is 1. The molecule has 2 aromatic heterocycles. The fourth-order valence-electron chi connectivity index (χ4n) is 2.47. The molecule has 12 nitrogen and oxygen atoms in total. The number of anilines is 1. The minimum absolute atomic E-state index is 0.00396. The lowest BCUT2D eigenvalue weighted by Gasteiger charge is -2.29. The van der Waals surface area contributed by atoms with Gasteiger partial charge in [-0.15, -0.1) is 0 Å². The normalized spacial score (nSPS) is 24.7. The van der Waals surface area contributed by atoms with Gasteiger partial charge in [-0.25, -0.2) is 4.98 Å². The number of nitrogens with two attached hydrogens (primary N) is 1. The third-order valence-corrected chi connectivity index (χ3v) is 4.41. The Morgan fingerprint density at radius 2 is 2.33 bits per heavy atom. The first-order valence-corrected chi connectivity index (χ1v) is 8.70. The van der Waals surface area contributed by atoms with Crippen molar-refractivity contribution in [2.45, 2.75) is 11.8 Å². The van der Waals surface area contributed by atoms with Gasteiger partial charge in [0.1, 0.15) is 6.10 Å². The van der Waals surface area contributed by atoms with Gasteiger partial charge in [0.15, 0.2) is 16.9 Å². The Balaban J connectivity index is 1.92. The van der Waals surface area contributed by atoms with Crippen LogP contribution in [-0.2, 0) is 19.8 Å². The van der Waals surface area contributed by atoms with Crippen molar-refractivity contribution in [2.75, 3.05) is 31.7 Å². The number of ether oxygens (including phenoxy) is 2. The molecule has 0 aliphatic carbocycles. The van der Waals surface area contributed by atoms with Gasteiger partial charge in [0.05, 0.1) is 32.3 Å². The van der Waals surface area contributed by atoms with Gasteiger partial charge >= 0.3 is 7.60 Å². The van der Waals surface area contributed by atoms with Crippen LogP contribution in [0.5, 0.6) is 0 Å². The summed E-state index contributed by atoms with van der Waals surface area (Å²) < 4.78 is 22.7. The van der Waals surface area contributed by atoms with Crippen LogP contribution in [0.2, 0.25) is 0 Å². The summed E-state index contributed by atoms with van der Waals surface area (Å²) in [5, 5.41) is 10.9.